The number of nitrogens with zero attached hydrogens (tertiary/aromatic N) is 1. The van der Waals surface area contributed by atoms with Gasteiger partial charge in [-0.15, -0.1) is 12.4 Å². The number of aryl methyl sites for hydroxylation is 1. The first-order chi connectivity index (χ1) is 7.77. The van der Waals surface area contributed by atoms with E-state index in [0.717, 1.165) is 5.56 Å². The first kappa shape index (κ1) is 13.2. The number of hydrogen-bond donors (Lipinski definition) is 1. The summed E-state index contributed by atoms with van der Waals surface area (Å²) < 4.78 is 0. The minimum absolute atomic E-state index is 0. The molecule has 17 heavy (non-hydrogen) atoms. The van der Waals surface area contributed by atoms with Crippen molar-refractivity contribution in [3.05, 3.63) is 59.8 Å². The van der Waals surface area contributed by atoms with Gasteiger partial charge in [0.25, 0.3) is 5.91 Å². The molecule has 0 aliphatic carbocycles. The van der Waals surface area contributed by atoms with Crippen LogP contribution in [0.25, 0.3) is 0 Å². The van der Waals surface area contributed by atoms with Gasteiger partial charge in [0.2, 0.25) is 0 Å². The van der Waals surface area contributed by atoms with E-state index in [4.69, 9.17) is 0 Å². The maximum Gasteiger partial charge on any atom is 0.256 e. The Labute approximate surface area is 106 Å². The number of aromatic nitrogens is 1. The van der Waals surface area contributed by atoms with E-state index >= 15 is 0 Å². The van der Waals surface area contributed by atoms with Crippen molar-refractivity contribution in [3.8, 4) is 0 Å². The second-order valence-electron chi connectivity index (χ2n) is 3.49. The molecule has 0 saturated heterocycles. The molecular weight excluding hydrogens is 236 g/mol. The lowest BCUT2D eigenvalue weighted by Crippen LogP contribution is -2.13. The molecule has 0 radical (unpaired) electrons. The smallest absolute Gasteiger partial charge is 0.256 e. The van der Waals surface area contributed by atoms with Crippen molar-refractivity contribution in [1.82, 2.24) is 4.98 Å². The van der Waals surface area contributed by atoms with Crippen molar-refractivity contribution in [2.75, 3.05) is 5.32 Å². The Morgan fingerprint density at radius 1 is 1.12 bits per heavy atom. The fraction of sp³-hybridized carbons (Fsp3) is 0.0769. The summed E-state index contributed by atoms with van der Waals surface area (Å²) >= 11 is 0. The van der Waals surface area contributed by atoms with Gasteiger partial charge in [-0.3, -0.25) is 4.79 Å². The first-order valence-electron chi connectivity index (χ1n) is 5.05. The fourth-order valence-electron chi connectivity index (χ4n) is 1.39. The maximum atomic E-state index is 11.8. The normalized spacial score (nSPS) is 9.24. The molecule has 0 aliphatic rings. The van der Waals surface area contributed by atoms with Crippen molar-refractivity contribution >= 4 is 24.1 Å². The molecule has 88 valence electrons. The van der Waals surface area contributed by atoms with Crippen LogP contribution in [0.15, 0.2) is 48.7 Å². The molecule has 1 amide bonds. The third-order valence-corrected chi connectivity index (χ3v) is 2.28. The number of amides is 1. The van der Waals surface area contributed by atoms with Gasteiger partial charge >= 0.3 is 0 Å². The van der Waals surface area contributed by atoms with Crippen LogP contribution in [-0.2, 0) is 0 Å². The predicted molar refractivity (Wildman–Crippen MR) is 70.6 cm³/mol. The van der Waals surface area contributed by atoms with Gasteiger partial charge in [-0.25, -0.2) is 4.98 Å². The molecule has 1 aromatic heterocycles. The lowest BCUT2D eigenvalue weighted by molar-refractivity contribution is 0.102. The average Bonchev–Trinajstić information content (AvgIpc) is 2.33. The Kier molecular flexibility index (Phi) is 4.67. The zero-order chi connectivity index (χ0) is 11.4. The van der Waals surface area contributed by atoms with Gasteiger partial charge in [-0.1, -0.05) is 24.3 Å². The van der Waals surface area contributed by atoms with Crippen LogP contribution in [-0.4, -0.2) is 10.9 Å². The van der Waals surface area contributed by atoms with Gasteiger partial charge in [0.05, 0.1) is 0 Å². The predicted octanol–water partition coefficient (Wildman–Crippen LogP) is 3.06. The number of carbonyl (C=O) groups excluding carboxylic acids is 1. The van der Waals surface area contributed by atoms with Crippen LogP contribution in [0.5, 0.6) is 0 Å². The average molecular weight is 249 g/mol. The van der Waals surface area contributed by atoms with Crippen molar-refractivity contribution in [1.29, 1.82) is 0 Å². The van der Waals surface area contributed by atoms with Gasteiger partial charge in [0, 0.05) is 11.8 Å². The molecule has 0 spiro atoms. The van der Waals surface area contributed by atoms with Crippen LogP contribution >= 0.6 is 12.4 Å². The van der Waals surface area contributed by atoms with Crippen LogP contribution in [0.4, 0.5) is 5.82 Å². The fourth-order valence-corrected chi connectivity index (χ4v) is 1.39. The van der Waals surface area contributed by atoms with E-state index in [1.54, 1.807) is 18.3 Å². The molecule has 1 N–H and O–H groups in total. The molecule has 1 heterocycles. The molecule has 0 unspecified atom stereocenters. The minimum atomic E-state index is -0.137. The summed E-state index contributed by atoms with van der Waals surface area (Å²) in [5.41, 5.74) is 1.58. The first-order valence-corrected chi connectivity index (χ1v) is 5.05. The van der Waals surface area contributed by atoms with E-state index < -0.39 is 0 Å². The molecule has 0 fully saturated rings. The Hall–Kier alpha value is -1.87. The van der Waals surface area contributed by atoms with Crippen LogP contribution in [0.1, 0.15) is 15.9 Å². The molecule has 0 atom stereocenters. The third-order valence-electron chi connectivity index (χ3n) is 2.28. The van der Waals surface area contributed by atoms with Crippen molar-refractivity contribution in [2.45, 2.75) is 6.92 Å². The maximum absolute atomic E-state index is 11.8. The van der Waals surface area contributed by atoms with Gasteiger partial charge in [0.15, 0.2) is 0 Å². The molecule has 2 aromatic rings. The summed E-state index contributed by atoms with van der Waals surface area (Å²) in [6.07, 6.45) is 1.66. The van der Waals surface area contributed by atoms with E-state index in [-0.39, 0.29) is 18.3 Å². The van der Waals surface area contributed by atoms with E-state index in [9.17, 15) is 4.79 Å². The van der Waals surface area contributed by atoms with Gasteiger partial charge in [-0.05, 0) is 30.7 Å². The van der Waals surface area contributed by atoms with Crippen LogP contribution in [0.3, 0.4) is 0 Å². The molecule has 0 bridgehead atoms. The summed E-state index contributed by atoms with van der Waals surface area (Å²) in [6, 6.07) is 12.8. The number of halogens is 1. The van der Waals surface area contributed by atoms with Crippen molar-refractivity contribution in [2.24, 2.45) is 0 Å². The van der Waals surface area contributed by atoms with Crippen LogP contribution in [0.2, 0.25) is 0 Å². The third kappa shape index (κ3) is 3.29. The van der Waals surface area contributed by atoms with E-state index in [1.807, 2.05) is 37.3 Å². The summed E-state index contributed by atoms with van der Waals surface area (Å²) in [5, 5.41) is 2.78. The molecule has 0 aliphatic heterocycles. The highest BCUT2D eigenvalue weighted by atomic mass is 35.5. The summed E-state index contributed by atoms with van der Waals surface area (Å²) in [4.78, 5) is 15.9. The number of benzene rings is 1. The van der Waals surface area contributed by atoms with Crippen molar-refractivity contribution < 1.29 is 4.79 Å². The highest BCUT2D eigenvalue weighted by molar-refractivity contribution is 6.04. The second-order valence-corrected chi connectivity index (χ2v) is 3.49. The Morgan fingerprint density at radius 3 is 2.47 bits per heavy atom. The number of nitrogens with one attached hydrogen (secondary N) is 1. The quantitative estimate of drug-likeness (QED) is 0.888. The summed E-state index contributed by atoms with van der Waals surface area (Å²) in [7, 11) is 0. The summed E-state index contributed by atoms with van der Waals surface area (Å²) in [6.45, 7) is 1.91. The molecule has 4 heteroatoms. The SMILES string of the molecule is Cc1cccnc1NC(=O)c1ccccc1.Cl. The summed E-state index contributed by atoms with van der Waals surface area (Å²) in [5.74, 6) is 0.471. The number of pyridine rings is 1. The molecule has 2 rings (SSSR count). The van der Waals surface area contributed by atoms with E-state index in [2.05, 4.69) is 10.3 Å². The molecular formula is C13H13ClN2O. The lowest BCUT2D eigenvalue weighted by atomic mass is 10.2. The Bertz CT molecular complexity index is 500. The number of rotatable bonds is 2. The van der Waals surface area contributed by atoms with Gasteiger partial charge in [-0.2, -0.15) is 0 Å². The second kappa shape index (κ2) is 6.01. The number of anilines is 1. The molecule has 3 nitrogen and oxygen atoms in total. The highest BCUT2D eigenvalue weighted by Crippen LogP contribution is 2.10. The van der Waals surface area contributed by atoms with Crippen LogP contribution in [0, 0.1) is 6.92 Å². The number of carbonyl (C=O) groups is 1. The van der Waals surface area contributed by atoms with E-state index in [0.29, 0.717) is 11.4 Å². The standard InChI is InChI=1S/C13H12N2O.ClH/c1-10-6-5-9-14-12(10)15-13(16)11-7-3-2-4-8-11;/h2-9H,1H3,(H,14,15,16);1H. The van der Waals surface area contributed by atoms with E-state index in [1.165, 1.54) is 0 Å². The largest absolute Gasteiger partial charge is 0.306 e. The monoisotopic (exact) mass is 248 g/mol. The van der Waals surface area contributed by atoms with Gasteiger partial charge in [0.1, 0.15) is 5.82 Å². The van der Waals surface area contributed by atoms with Crippen molar-refractivity contribution in [3.63, 3.8) is 0 Å². The minimum Gasteiger partial charge on any atom is -0.306 e. The van der Waals surface area contributed by atoms with Gasteiger partial charge < -0.3 is 5.32 Å². The Balaban J connectivity index is 0.00000144. The lowest BCUT2D eigenvalue weighted by Gasteiger charge is -2.06. The number of hydrogen-bond acceptors (Lipinski definition) is 2. The zero-order valence-electron chi connectivity index (χ0n) is 9.38. The highest BCUT2D eigenvalue weighted by Gasteiger charge is 2.06. The van der Waals surface area contributed by atoms with Crippen LogP contribution < -0.4 is 5.32 Å². The molecule has 1 aromatic carbocycles. The Morgan fingerprint density at radius 2 is 1.82 bits per heavy atom. The molecule has 0 saturated carbocycles. The zero-order valence-corrected chi connectivity index (χ0v) is 10.2. The topological polar surface area (TPSA) is 42.0 Å².